The number of quaternary nitrogens is 1. The number of hydrogen-bond acceptors (Lipinski definition) is 0. The lowest BCUT2D eigenvalue weighted by atomic mass is 10.1. The van der Waals surface area contributed by atoms with Crippen LogP contribution in [0.3, 0.4) is 0 Å². The Bertz CT molecular complexity index is 201. The molecule has 0 spiro atoms. The molecule has 2 N–H and O–H groups in total. The van der Waals surface area contributed by atoms with Gasteiger partial charge in [0, 0.05) is 0 Å². The van der Waals surface area contributed by atoms with Crippen molar-refractivity contribution in [3.8, 4) is 0 Å². The first-order valence-corrected chi connectivity index (χ1v) is 4.08. The van der Waals surface area contributed by atoms with Crippen LogP contribution in [0.1, 0.15) is 18.9 Å². The molecule has 0 unspecified atom stereocenters. The van der Waals surface area contributed by atoms with Crippen LogP contribution in [0.5, 0.6) is 0 Å². The van der Waals surface area contributed by atoms with Crippen molar-refractivity contribution in [2.24, 2.45) is 0 Å². The standard InChI is InChI=1S/C10H15N/c1-3-4-9-5-7-10(11-2)8-6-9/h5-8H,2-4,11H2,1H3. The monoisotopic (exact) mass is 149 g/mol. The maximum atomic E-state index is 3.71. The van der Waals surface area contributed by atoms with Crippen LogP contribution in [0.15, 0.2) is 24.3 Å². The van der Waals surface area contributed by atoms with Gasteiger partial charge in [0.15, 0.2) is 0 Å². The van der Waals surface area contributed by atoms with Crippen LogP contribution in [0.25, 0.3) is 0 Å². The van der Waals surface area contributed by atoms with Gasteiger partial charge in [-0.2, -0.15) is 0 Å². The minimum atomic E-state index is 1.18. The van der Waals surface area contributed by atoms with Crippen LogP contribution in [-0.2, 0) is 6.42 Å². The molecule has 60 valence electrons. The maximum absolute atomic E-state index is 3.71. The van der Waals surface area contributed by atoms with E-state index in [1.54, 1.807) is 0 Å². The molecule has 0 aliphatic heterocycles. The number of hydrogen-bond donors (Lipinski definition) is 1. The largest absolute Gasteiger partial charge is 0.446 e. The summed E-state index contributed by atoms with van der Waals surface area (Å²) in [4.78, 5) is 0. The molecule has 0 heterocycles. The number of benzene rings is 1. The molecule has 1 nitrogen and oxygen atoms in total. The molecule has 0 saturated heterocycles. The van der Waals surface area contributed by atoms with Crippen molar-refractivity contribution in [2.75, 3.05) is 0 Å². The highest BCUT2D eigenvalue weighted by molar-refractivity contribution is 5.31. The fourth-order valence-corrected chi connectivity index (χ4v) is 1.11. The summed E-state index contributed by atoms with van der Waals surface area (Å²) in [5, 5.41) is 1.87. The van der Waals surface area contributed by atoms with Gasteiger partial charge in [0.1, 0.15) is 5.69 Å². The zero-order valence-electron chi connectivity index (χ0n) is 7.01. The average Bonchev–Trinajstić information content (AvgIpc) is 2.07. The van der Waals surface area contributed by atoms with E-state index in [1.165, 1.54) is 24.1 Å². The molecule has 0 bridgehead atoms. The van der Waals surface area contributed by atoms with Gasteiger partial charge in [0.2, 0.25) is 0 Å². The van der Waals surface area contributed by atoms with Gasteiger partial charge in [-0.15, -0.1) is 7.05 Å². The zero-order valence-corrected chi connectivity index (χ0v) is 7.01. The Balaban J connectivity index is 2.66. The van der Waals surface area contributed by atoms with Crippen LogP contribution in [-0.4, -0.2) is 0 Å². The molecule has 0 aliphatic rings. The van der Waals surface area contributed by atoms with Crippen LogP contribution in [0.4, 0.5) is 5.69 Å². The lowest BCUT2D eigenvalue weighted by Crippen LogP contribution is -2.69. The summed E-state index contributed by atoms with van der Waals surface area (Å²) < 4.78 is 0. The highest BCUT2D eigenvalue weighted by Crippen LogP contribution is 2.06. The molecule has 1 rings (SSSR count). The summed E-state index contributed by atoms with van der Waals surface area (Å²) in [6.45, 7) is 2.20. The molecular weight excluding hydrogens is 134 g/mol. The summed E-state index contributed by atoms with van der Waals surface area (Å²) in [5.74, 6) is 0. The van der Waals surface area contributed by atoms with Gasteiger partial charge in [-0.3, -0.25) is 0 Å². The predicted octanol–water partition coefficient (Wildman–Crippen LogP) is 1.63. The van der Waals surface area contributed by atoms with Crippen molar-refractivity contribution in [3.05, 3.63) is 36.9 Å². The van der Waals surface area contributed by atoms with E-state index in [-0.39, 0.29) is 0 Å². The fourth-order valence-electron chi connectivity index (χ4n) is 1.11. The van der Waals surface area contributed by atoms with Gasteiger partial charge in [-0.1, -0.05) is 25.5 Å². The molecule has 0 saturated carbocycles. The molecule has 0 fully saturated rings. The molecule has 1 aromatic carbocycles. The molecule has 0 atom stereocenters. The van der Waals surface area contributed by atoms with Crippen LogP contribution < -0.4 is 5.32 Å². The Morgan fingerprint density at radius 2 is 1.91 bits per heavy atom. The fraction of sp³-hybridized carbons (Fsp3) is 0.300. The third-order valence-corrected chi connectivity index (χ3v) is 1.75. The summed E-state index contributed by atoms with van der Waals surface area (Å²) in [5.41, 5.74) is 2.61. The summed E-state index contributed by atoms with van der Waals surface area (Å²) in [7, 11) is 3.71. The third kappa shape index (κ3) is 2.35. The van der Waals surface area contributed by atoms with E-state index in [4.69, 9.17) is 0 Å². The molecule has 0 radical (unpaired) electrons. The zero-order chi connectivity index (χ0) is 8.10. The highest BCUT2D eigenvalue weighted by atomic mass is 14.8. The van der Waals surface area contributed by atoms with Gasteiger partial charge in [-0.05, 0) is 24.1 Å². The Morgan fingerprint density at radius 3 is 2.36 bits per heavy atom. The average molecular weight is 149 g/mol. The van der Waals surface area contributed by atoms with Gasteiger partial charge < -0.3 is 5.32 Å². The minimum absolute atomic E-state index is 1.18. The Morgan fingerprint density at radius 1 is 1.27 bits per heavy atom. The van der Waals surface area contributed by atoms with Gasteiger partial charge in [0.25, 0.3) is 0 Å². The van der Waals surface area contributed by atoms with E-state index >= 15 is 0 Å². The van der Waals surface area contributed by atoms with E-state index in [0.717, 1.165) is 0 Å². The second-order valence-electron chi connectivity index (χ2n) is 2.70. The highest BCUT2D eigenvalue weighted by Gasteiger charge is 1.91. The quantitative estimate of drug-likeness (QED) is 0.497. The SMILES string of the molecule is [CH2-][NH2+]c1ccc(CCC)cc1. The van der Waals surface area contributed by atoms with Crippen molar-refractivity contribution in [2.45, 2.75) is 19.8 Å². The van der Waals surface area contributed by atoms with Crippen molar-refractivity contribution in [1.29, 1.82) is 0 Å². The first kappa shape index (κ1) is 8.28. The second kappa shape index (κ2) is 4.14. The van der Waals surface area contributed by atoms with Gasteiger partial charge >= 0.3 is 0 Å². The maximum Gasteiger partial charge on any atom is 0.103 e. The predicted molar refractivity (Wildman–Crippen MR) is 47.4 cm³/mol. The first-order chi connectivity index (χ1) is 5.36. The lowest BCUT2D eigenvalue weighted by molar-refractivity contribution is -0.504. The number of aryl methyl sites for hydroxylation is 1. The van der Waals surface area contributed by atoms with Crippen molar-refractivity contribution in [3.63, 3.8) is 0 Å². The van der Waals surface area contributed by atoms with E-state index in [2.05, 4.69) is 38.2 Å². The topological polar surface area (TPSA) is 16.6 Å². The lowest BCUT2D eigenvalue weighted by Gasteiger charge is -2.00. The number of nitrogens with two attached hydrogens (primary N) is 1. The minimum Gasteiger partial charge on any atom is -0.446 e. The van der Waals surface area contributed by atoms with E-state index in [9.17, 15) is 0 Å². The smallest absolute Gasteiger partial charge is 0.103 e. The molecule has 1 heteroatoms. The molecule has 0 amide bonds. The van der Waals surface area contributed by atoms with E-state index in [0.29, 0.717) is 0 Å². The molecule has 0 aromatic heterocycles. The van der Waals surface area contributed by atoms with Crippen LogP contribution in [0, 0.1) is 7.05 Å². The normalized spacial score (nSPS) is 10.0. The summed E-state index contributed by atoms with van der Waals surface area (Å²) in [6.07, 6.45) is 2.39. The van der Waals surface area contributed by atoms with E-state index in [1.807, 2.05) is 5.32 Å². The Kier molecular flexibility index (Phi) is 3.12. The Labute approximate surface area is 68.4 Å². The van der Waals surface area contributed by atoms with Gasteiger partial charge in [-0.25, -0.2) is 0 Å². The van der Waals surface area contributed by atoms with E-state index < -0.39 is 0 Å². The Hall–Kier alpha value is -0.820. The third-order valence-electron chi connectivity index (χ3n) is 1.75. The summed E-state index contributed by atoms with van der Waals surface area (Å²) in [6, 6.07) is 8.55. The van der Waals surface area contributed by atoms with Crippen LogP contribution in [0.2, 0.25) is 0 Å². The van der Waals surface area contributed by atoms with Crippen molar-refractivity contribution in [1.82, 2.24) is 0 Å². The molecular formula is C10H15N. The second-order valence-corrected chi connectivity index (χ2v) is 2.70. The molecule has 1 aromatic rings. The van der Waals surface area contributed by atoms with Crippen molar-refractivity contribution < 1.29 is 5.32 Å². The summed E-state index contributed by atoms with van der Waals surface area (Å²) >= 11 is 0. The van der Waals surface area contributed by atoms with Crippen molar-refractivity contribution >= 4 is 5.69 Å². The van der Waals surface area contributed by atoms with Gasteiger partial charge in [0.05, 0.1) is 0 Å². The first-order valence-electron chi connectivity index (χ1n) is 4.08. The number of rotatable bonds is 3. The van der Waals surface area contributed by atoms with Crippen LogP contribution >= 0.6 is 0 Å². The molecule has 11 heavy (non-hydrogen) atoms. The molecule has 0 aliphatic carbocycles.